The molecule has 7 nitrogen and oxygen atoms in total. The number of aromatic nitrogens is 1. The Morgan fingerprint density at radius 2 is 1.97 bits per heavy atom. The highest BCUT2D eigenvalue weighted by Crippen LogP contribution is 2.28. The second kappa shape index (κ2) is 12.6. The normalized spacial score (nSPS) is 18.8. The molecule has 0 radical (unpaired) electrons. The van der Waals surface area contributed by atoms with Crippen molar-refractivity contribution in [2.75, 3.05) is 13.1 Å². The predicted molar refractivity (Wildman–Crippen MR) is 138 cm³/mol. The number of nitrogens with zero attached hydrogens (tertiary/aromatic N) is 3. The van der Waals surface area contributed by atoms with E-state index in [1.807, 2.05) is 25.1 Å². The molecule has 0 spiro atoms. The van der Waals surface area contributed by atoms with Crippen LogP contribution in [0.3, 0.4) is 0 Å². The summed E-state index contributed by atoms with van der Waals surface area (Å²) >= 11 is 0. The van der Waals surface area contributed by atoms with Crippen LogP contribution in [0.25, 0.3) is 11.5 Å². The number of hydrogen-bond acceptors (Lipinski definition) is 5. The summed E-state index contributed by atoms with van der Waals surface area (Å²) in [5.74, 6) is 3.47. The molecule has 3 N–H and O–H groups in total. The Morgan fingerprint density at radius 1 is 1.20 bits per heavy atom. The fourth-order valence-corrected chi connectivity index (χ4v) is 4.31. The first kappa shape index (κ1) is 25.8. The van der Waals surface area contributed by atoms with Crippen molar-refractivity contribution in [2.24, 2.45) is 15.9 Å². The Morgan fingerprint density at radius 3 is 2.69 bits per heavy atom. The van der Waals surface area contributed by atoms with E-state index in [9.17, 15) is 9.59 Å². The van der Waals surface area contributed by atoms with Gasteiger partial charge in [0.15, 0.2) is 0 Å². The summed E-state index contributed by atoms with van der Waals surface area (Å²) in [6, 6.07) is 10.2. The number of rotatable bonds is 7. The van der Waals surface area contributed by atoms with E-state index in [1.54, 1.807) is 17.9 Å². The van der Waals surface area contributed by atoms with Crippen LogP contribution in [0, 0.1) is 0 Å². The van der Waals surface area contributed by atoms with Crippen LogP contribution in [0.1, 0.15) is 61.4 Å². The quantitative estimate of drug-likeness (QED) is 0.210. The van der Waals surface area contributed by atoms with E-state index in [2.05, 4.69) is 27.2 Å². The first-order chi connectivity index (χ1) is 17.0. The molecule has 1 unspecified atom stereocenters. The van der Waals surface area contributed by atoms with Crippen molar-refractivity contribution < 1.29 is 14.0 Å². The minimum atomic E-state index is -0.735. The number of carbonyl (C=O) groups is 2. The summed E-state index contributed by atoms with van der Waals surface area (Å²) < 4.78 is 15.2. The Kier molecular flexibility index (Phi) is 9.29. The number of carbonyl (C=O) groups excluding carboxylic acids is 2. The summed E-state index contributed by atoms with van der Waals surface area (Å²) in [7, 11) is 0. The van der Waals surface area contributed by atoms with Crippen molar-refractivity contribution >= 4 is 35.6 Å². The monoisotopic (exact) mass is 477 g/mol. The molecule has 2 heterocycles. The van der Waals surface area contributed by atoms with Gasteiger partial charge < -0.3 is 15.7 Å². The molecule has 184 valence electrons. The van der Waals surface area contributed by atoms with E-state index < -0.39 is 17.5 Å². The Hall–Kier alpha value is -3.81. The summed E-state index contributed by atoms with van der Waals surface area (Å²) in [6.07, 6.45) is 10.2. The van der Waals surface area contributed by atoms with Crippen molar-refractivity contribution in [3.63, 3.8) is 0 Å². The molecule has 1 atom stereocenters. The molecular weight excluding hydrogens is 445 g/mol. The zero-order valence-electron chi connectivity index (χ0n) is 20.2. The molecule has 1 amide bonds. The minimum absolute atomic E-state index is 0.00542. The molecule has 0 aliphatic carbocycles. The maximum absolute atomic E-state index is 15.2. The van der Waals surface area contributed by atoms with Gasteiger partial charge in [-0.25, -0.2) is 4.39 Å². The topological polar surface area (TPSA) is 104 Å². The lowest BCUT2D eigenvalue weighted by Gasteiger charge is -2.19. The molecule has 3 rings (SSSR count). The third-order valence-electron chi connectivity index (χ3n) is 6.13. The molecule has 35 heavy (non-hydrogen) atoms. The molecule has 1 aromatic carbocycles. The van der Waals surface area contributed by atoms with Gasteiger partial charge in [-0.15, -0.1) is 0 Å². The molecule has 1 saturated heterocycles. The summed E-state index contributed by atoms with van der Waals surface area (Å²) in [5, 5.41) is 3.70. The average Bonchev–Trinajstić information content (AvgIpc) is 3.18. The number of hydrazone groups is 1. The second-order valence-electron chi connectivity index (χ2n) is 8.43. The van der Waals surface area contributed by atoms with Gasteiger partial charge in [-0.1, -0.05) is 43.3 Å². The highest BCUT2D eigenvalue weighted by Gasteiger charge is 2.28. The van der Waals surface area contributed by atoms with Gasteiger partial charge in [-0.05, 0) is 50.2 Å². The number of amides is 1. The number of aromatic amines is 1. The van der Waals surface area contributed by atoms with Gasteiger partial charge in [0.1, 0.15) is 5.83 Å². The van der Waals surface area contributed by atoms with Crippen molar-refractivity contribution in [1.29, 1.82) is 0 Å². The van der Waals surface area contributed by atoms with Crippen LogP contribution >= 0.6 is 0 Å². The molecule has 1 aliphatic rings. The third-order valence-corrected chi connectivity index (χ3v) is 6.13. The Labute approximate surface area is 204 Å². The lowest BCUT2D eigenvalue weighted by molar-refractivity contribution is -0.126. The summed E-state index contributed by atoms with van der Waals surface area (Å²) in [6.45, 7) is 4.53. The number of allylic oxidation sites excluding steroid dienone is 2. The number of Topliss-reactive ketones (excluding diaryl/α,β-unsaturated/α-hetero) is 1. The number of likely N-dealkylation sites (tertiary alicyclic amines) is 1. The van der Waals surface area contributed by atoms with Crippen molar-refractivity contribution in [3.8, 4) is 0 Å². The van der Waals surface area contributed by atoms with Gasteiger partial charge in [0.2, 0.25) is 0 Å². The van der Waals surface area contributed by atoms with Crippen molar-refractivity contribution in [3.05, 3.63) is 70.4 Å². The fraction of sp³-hybridized carbons (Fsp3) is 0.333. The fourth-order valence-electron chi connectivity index (χ4n) is 4.31. The van der Waals surface area contributed by atoms with Gasteiger partial charge >= 0.3 is 0 Å². The number of aliphatic imine (C=N–C) groups is 1. The number of benzene rings is 1. The Balaban J connectivity index is 1.93. The molecule has 1 aliphatic heterocycles. The lowest BCUT2D eigenvalue weighted by Crippen LogP contribution is -2.40. The van der Waals surface area contributed by atoms with E-state index in [-0.39, 0.29) is 10.8 Å². The van der Waals surface area contributed by atoms with Crippen LogP contribution in [0.4, 0.5) is 4.39 Å². The third kappa shape index (κ3) is 6.41. The molecule has 2 aromatic rings. The zero-order valence-corrected chi connectivity index (χ0v) is 20.2. The Bertz CT molecular complexity index is 1240. The zero-order chi connectivity index (χ0) is 25.2. The van der Waals surface area contributed by atoms with Crippen molar-refractivity contribution in [2.45, 2.75) is 45.4 Å². The van der Waals surface area contributed by atoms with Crippen LogP contribution in [0.15, 0.2) is 58.8 Å². The second-order valence-corrected chi connectivity index (χ2v) is 8.43. The smallest absolute Gasteiger partial charge is 0.295 e. The molecule has 1 fully saturated rings. The van der Waals surface area contributed by atoms with Gasteiger partial charge in [0, 0.05) is 30.7 Å². The standard InChI is InChI=1S/C27H32FN5O2/c1-3-4-12-23(28)24-22(18-31-25(24)19(2)30-14-15-32-29)26(34)27(35)33-16-8-11-21(13-17-33)20-9-6-5-7-10-20/h4-7,9-10,12,14-15,18,21,31H,3,8,11,13,16-17,29H2,1-2H3/b12-4+,24-23+,25-19-,30-14?,32-15?. The molecular formula is C27H32FN5O2. The predicted octanol–water partition coefficient (Wildman–Crippen LogP) is 3.18. The SMILES string of the molecule is CC/C=C/C(F)=c1/c(C(=O)C(=O)N2CCCC(c3ccccc3)CC2)c[nH]/c1=C(/C)N=CC=NN. The van der Waals surface area contributed by atoms with E-state index in [0.29, 0.717) is 36.5 Å². The van der Waals surface area contributed by atoms with Crippen LogP contribution in [-0.4, -0.2) is 47.1 Å². The maximum atomic E-state index is 15.2. The van der Waals surface area contributed by atoms with Crippen LogP contribution in [0.2, 0.25) is 0 Å². The van der Waals surface area contributed by atoms with Crippen LogP contribution in [-0.2, 0) is 4.79 Å². The van der Waals surface area contributed by atoms with Gasteiger partial charge in [-0.2, -0.15) is 5.10 Å². The van der Waals surface area contributed by atoms with Crippen LogP contribution < -0.4 is 16.4 Å². The molecule has 1 aromatic heterocycles. The number of hydrogen-bond donors (Lipinski definition) is 2. The molecule has 0 saturated carbocycles. The first-order valence-electron chi connectivity index (χ1n) is 11.9. The summed E-state index contributed by atoms with van der Waals surface area (Å²) in [5.41, 5.74) is 1.66. The summed E-state index contributed by atoms with van der Waals surface area (Å²) in [4.78, 5) is 35.2. The van der Waals surface area contributed by atoms with Gasteiger partial charge in [-0.3, -0.25) is 14.6 Å². The maximum Gasteiger partial charge on any atom is 0.295 e. The number of nitrogens with one attached hydrogen (secondary N) is 1. The first-order valence-corrected chi connectivity index (χ1v) is 11.9. The molecule has 8 heteroatoms. The highest BCUT2D eigenvalue weighted by atomic mass is 19.1. The van der Waals surface area contributed by atoms with Gasteiger partial charge in [0.25, 0.3) is 11.7 Å². The average molecular weight is 478 g/mol. The van der Waals surface area contributed by atoms with Crippen molar-refractivity contribution in [1.82, 2.24) is 9.88 Å². The highest BCUT2D eigenvalue weighted by molar-refractivity contribution is 6.42. The van der Waals surface area contributed by atoms with E-state index in [1.165, 1.54) is 30.3 Å². The molecule has 0 bridgehead atoms. The minimum Gasteiger partial charge on any atom is -0.359 e. The number of H-pyrrole nitrogens is 1. The number of ketones is 1. The lowest BCUT2D eigenvalue weighted by atomic mass is 9.92. The van der Waals surface area contributed by atoms with Gasteiger partial charge in [0.05, 0.1) is 22.8 Å². The van der Waals surface area contributed by atoms with E-state index in [4.69, 9.17) is 5.84 Å². The van der Waals surface area contributed by atoms with E-state index in [0.717, 1.165) is 19.3 Å². The number of nitrogens with two attached hydrogens (primary N) is 1. The number of halogens is 1. The van der Waals surface area contributed by atoms with E-state index >= 15 is 4.39 Å². The largest absolute Gasteiger partial charge is 0.359 e. The van der Waals surface area contributed by atoms with Crippen LogP contribution in [0.5, 0.6) is 0 Å².